The zero-order chi connectivity index (χ0) is 15.8. The molecule has 0 aromatic carbocycles. The van der Waals surface area contributed by atoms with E-state index >= 15 is 0 Å². The molecule has 0 saturated carbocycles. The molecule has 1 aliphatic rings. The van der Waals surface area contributed by atoms with E-state index < -0.39 is 0 Å². The van der Waals surface area contributed by atoms with Crippen molar-refractivity contribution in [1.29, 1.82) is 0 Å². The minimum absolute atomic E-state index is 0.203. The van der Waals surface area contributed by atoms with Crippen LogP contribution in [-0.2, 0) is 0 Å². The Hall–Kier alpha value is -3.00. The molecule has 8 heteroatoms. The van der Waals surface area contributed by atoms with Gasteiger partial charge >= 0.3 is 0 Å². The van der Waals surface area contributed by atoms with E-state index in [0.29, 0.717) is 30.3 Å². The molecule has 0 radical (unpaired) electrons. The van der Waals surface area contributed by atoms with Crippen molar-refractivity contribution in [2.45, 2.75) is 6.10 Å². The van der Waals surface area contributed by atoms with E-state index in [1.807, 2.05) is 11.0 Å². The first-order valence-electron chi connectivity index (χ1n) is 7.18. The zero-order valence-electron chi connectivity index (χ0n) is 12.1. The molecule has 0 amide bonds. The Balaban J connectivity index is 1.71. The van der Waals surface area contributed by atoms with Crippen LogP contribution in [0.25, 0.3) is 16.9 Å². The number of nitrogens with one attached hydrogen (secondary N) is 1. The van der Waals surface area contributed by atoms with Gasteiger partial charge in [0.25, 0.3) is 5.56 Å². The van der Waals surface area contributed by atoms with Crippen LogP contribution in [0.3, 0.4) is 0 Å². The van der Waals surface area contributed by atoms with Gasteiger partial charge in [-0.25, -0.2) is 14.6 Å². The maximum absolute atomic E-state index is 12.6. The Bertz CT molecular complexity index is 882. The summed E-state index contributed by atoms with van der Waals surface area (Å²) in [4.78, 5) is 26.9. The molecule has 116 valence electrons. The van der Waals surface area contributed by atoms with Gasteiger partial charge < -0.3 is 10.0 Å². The fourth-order valence-corrected chi connectivity index (χ4v) is 2.54. The van der Waals surface area contributed by atoms with E-state index in [9.17, 15) is 9.90 Å². The van der Waals surface area contributed by atoms with Crippen molar-refractivity contribution in [3.8, 4) is 16.9 Å². The molecule has 0 aliphatic carbocycles. The fourth-order valence-electron chi connectivity index (χ4n) is 2.54. The number of aromatic amines is 1. The molecular formula is C15H14N6O2. The lowest BCUT2D eigenvalue weighted by molar-refractivity contribution is 0.141. The maximum atomic E-state index is 12.6. The van der Waals surface area contributed by atoms with Gasteiger partial charge in [0.15, 0.2) is 5.82 Å². The van der Waals surface area contributed by atoms with Gasteiger partial charge in [-0.3, -0.25) is 14.9 Å². The summed E-state index contributed by atoms with van der Waals surface area (Å²) in [7, 11) is 0. The first-order valence-corrected chi connectivity index (χ1v) is 7.18. The molecule has 4 heterocycles. The Morgan fingerprint density at radius 3 is 2.83 bits per heavy atom. The third-order valence-corrected chi connectivity index (χ3v) is 3.80. The number of nitrogens with zero attached hydrogens (tertiary/aromatic N) is 5. The molecule has 8 nitrogen and oxygen atoms in total. The highest BCUT2D eigenvalue weighted by molar-refractivity contribution is 5.60. The van der Waals surface area contributed by atoms with Crippen LogP contribution < -0.4 is 10.5 Å². The van der Waals surface area contributed by atoms with Gasteiger partial charge in [-0.15, -0.1) is 0 Å². The quantitative estimate of drug-likeness (QED) is 0.717. The lowest BCUT2D eigenvalue weighted by atomic mass is 10.2. The Morgan fingerprint density at radius 1 is 1.26 bits per heavy atom. The number of anilines is 1. The lowest BCUT2D eigenvalue weighted by Crippen LogP contribution is -2.51. The molecule has 2 N–H and O–H groups in total. The second-order valence-corrected chi connectivity index (χ2v) is 5.36. The molecular weight excluding hydrogens is 296 g/mol. The Labute approximate surface area is 131 Å². The van der Waals surface area contributed by atoms with Crippen LogP contribution in [0, 0.1) is 0 Å². The van der Waals surface area contributed by atoms with Crippen LogP contribution in [0.5, 0.6) is 0 Å². The summed E-state index contributed by atoms with van der Waals surface area (Å²) in [5, 5.41) is 12.3. The van der Waals surface area contributed by atoms with Gasteiger partial charge in [0.05, 0.1) is 11.7 Å². The number of aliphatic hydroxyl groups is 1. The van der Waals surface area contributed by atoms with Crippen LogP contribution >= 0.6 is 0 Å². The molecule has 0 atom stereocenters. The highest BCUT2D eigenvalue weighted by Gasteiger charge is 2.26. The largest absolute Gasteiger partial charge is 0.389 e. The number of aromatic nitrogens is 5. The predicted octanol–water partition coefficient (Wildman–Crippen LogP) is 0.198. The first-order chi connectivity index (χ1) is 11.2. The lowest BCUT2D eigenvalue weighted by Gasteiger charge is -2.36. The second kappa shape index (κ2) is 5.33. The average Bonchev–Trinajstić information content (AvgIpc) is 2.94. The highest BCUT2D eigenvalue weighted by Crippen LogP contribution is 2.19. The number of hydrogen-bond donors (Lipinski definition) is 2. The number of β-amino-alcohol motifs (C(OH)–C–C–N with tert-alkyl or cyclic N) is 1. The molecule has 0 bridgehead atoms. The van der Waals surface area contributed by atoms with Crippen molar-refractivity contribution in [2.75, 3.05) is 18.0 Å². The molecule has 1 fully saturated rings. The van der Waals surface area contributed by atoms with E-state index in [0.717, 1.165) is 5.56 Å². The van der Waals surface area contributed by atoms with Crippen molar-refractivity contribution in [1.82, 2.24) is 24.7 Å². The van der Waals surface area contributed by atoms with Crippen LogP contribution in [0.4, 0.5) is 5.82 Å². The van der Waals surface area contributed by atoms with E-state index in [-0.39, 0.29) is 11.7 Å². The molecule has 1 aliphatic heterocycles. The van der Waals surface area contributed by atoms with Crippen LogP contribution in [0.15, 0.2) is 47.9 Å². The summed E-state index contributed by atoms with van der Waals surface area (Å²) in [5.74, 6) is 1.14. The van der Waals surface area contributed by atoms with Crippen molar-refractivity contribution >= 4 is 5.82 Å². The summed E-state index contributed by atoms with van der Waals surface area (Å²) in [6.45, 7) is 1.08. The fraction of sp³-hybridized carbons (Fsp3) is 0.200. The molecule has 23 heavy (non-hydrogen) atoms. The molecule has 3 aromatic heterocycles. The third kappa shape index (κ3) is 2.38. The Morgan fingerprint density at radius 2 is 2.09 bits per heavy atom. The number of hydrogen-bond acceptors (Lipinski definition) is 6. The van der Waals surface area contributed by atoms with Gasteiger partial charge in [0, 0.05) is 43.3 Å². The maximum Gasteiger partial charge on any atom is 0.280 e. The SMILES string of the molecule is O=c1c(-c2cccnc2)c[nH]n1-c1cc(N2CC(O)C2)ncn1. The summed E-state index contributed by atoms with van der Waals surface area (Å²) in [6, 6.07) is 5.33. The molecule has 0 unspecified atom stereocenters. The highest BCUT2D eigenvalue weighted by atomic mass is 16.3. The monoisotopic (exact) mass is 310 g/mol. The summed E-state index contributed by atoms with van der Waals surface area (Å²) in [5.41, 5.74) is 1.07. The normalized spacial score (nSPS) is 14.7. The van der Waals surface area contributed by atoms with Crippen LogP contribution in [-0.4, -0.2) is 49.0 Å². The smallest absolute Gasteiger partial charge is 0.280 e. The van der Waals surface area contributed by atoms with E-state index in [4.69, 9.17) is 0 Å². The molecule has 1 saturated heterocycles. The topological polar surface area (TPSA) is 99.9 Å². The minimum atomic E-state index is -0.321. The summed E-state index contributed by atoms with van der Waals surface area (Å²) in [6.07, 6.45) is 6.02. The van der Waals surface area contributed by atoms with Crippen molar-refractivity contribution in [3.05, 3.63) is 53.5 Å². The van der Waals surface area contributed by atoms with Gasteiger partial charge in [-0.05, 0) is 6.07 Å². The van der Waals surface area contributed by atoms with E-state index in [1.54, 1.807) is 30.7 Å². The molecule has 4 rings (SSSR count). The second-order valence-electron chi connectivity index (χ2n) is 5.36. The van der Waals surface area contributed by atoms with Gasteiger partial charge in [-0.2, -0.15) is 0 Å². The number of aliphatic hydroxyl groups excluding tert-OH is 1. The van der Waals surface area contributed by atoms with Gasteiger partial charge in [-0.1, -0.05) is 6.07 Å². The predicted molar refractivity (Wildman–Crippen MR) is 83.4 cm³/mol. The zero-order valence-corrected chi connectivity index (χ0v) is 12.1. The summed E-state index contributed by atoms with van der Waals surface area (Å²) >= 11 is 0. The van der Waals surface area contributed by atoms with Gasteiger partial charge in [0.2, 0.25) is 0 Å². The standard InChI is InChI=1S/C15H14N6O2/c22-11-7-20(8-11)13-4-14(18-9-17-13)21-15(23)12(6-19-21)10-2-1-3-16-5-10/h1-6,9,11,19,22H,7-8H2. The average molecular weight is 310 g/mol. The summed E-state index contributed by atoms with van der Waals surface area (Å²) < 4.78 is 1.36. The number of rotatable bonds is 3. The molecule has 0 spiro atoms. The minimum Gasteiger partial charge on any atom is -0.389 e. The number of pyridine rings is 1. The van der Waals surface area contributed by atoms with Crippen LogP contribution in [0.1, 0.15) is 0 Å². The first kappa shape index (κ1) is 13.6. The third-order valence-electron chi connectivity index (χ3n) is 3.80. The Kier molecular flexibility index (Phi) is 3.16. The van der Waals surface area contributed by atoms with Crippen molar-refractivity contribution in [2.24, 2.45) is 0 Å². The number of H-pyrrole nitrogens is 1. The van der Waals surface area contributed by atoms with Gasteiger partial charge in [0.1, 0.15) is 12.1 Å². The molecule has 3 aromatic rings. The van der Waals surface area contributed by atoms with E-state index in [1.165, 1.54) is 11.0 Å². The van der Waals surface area contributed by atoms with Crippen molar-refractivity contribution < 1.29 is 5.11 Å². The van der Waals surface area contributed by atoms with E-state index in [2.05, 4.69) is 20.1 Å². The van der Waals surface area contributed by atoms with Crippen molar-refractivity contribution in [3.63, 3.8) is 0 Å². The van der Waals surface area contributed by atoms with Crippen LogP contribution in [0.2, 0.25) is 0 Å².